The van der Waals surface area contributed by atoms with E-state index in [4.69, 9.17) is 0 Å². The molecule has 1 unspecified atom stereocenters. The van der Waals surface area contributed by atoms with Crippen LogP contribution >= 0.6 is 0 Å². The molecule has 2 amide bonds. The summed E-state index contributed by atoms with van der Waals surface area (Å²) in [5.74, 6) is -0.712. The van der Waals surface area contributed by atoms with Crippen LogP contribution < -0.4 is 4.90 Å². The number of amides is 2. The first kappa shape index (κ1) is 27.2. The number of halogens is 1. The monoisotopic (exact) mass is 557 g/mol. The number of hydrogen-bond acceptors (Lipinski definition) is 2. The van der Waals surface area contributed by atoms with Gasteiger partial charge in [-0.15, -0.1) is 0 Å². The Balaban J connectivity index is 1.34. The van der Waals surface area contributed by atoms with E-state index < -0.39 is 6.04 Å². The minimum absolute atomic E-state index is 0.0774. The zero-order chi connectivity index (χ0) is 29.1. The quantitative estimate of drug-likeness (QED) is 0.197. The Bertz CT molecular complexity index is 1690. The summed E-state index contributed by atoms with van der Waals surface area (Å²) in [5.41, 5.74) is 5.97. The summed E-state index contributed by atoms with van der Waals surface area (Å²) in [4.78, 5) is 31.6. The van der Waals surface area contributed by atoms with Crippen LogP contribution in [0.25, 0.3) is 16.8 Å². The third-order valence-corrected chi connectivity index (χ3v) is 7.81. The molecule has 5 aromatic rings. The third kappa shape index (κ3) is 5.23. The van der Waals surface area contributed by atoms with Crippen molar-refractivity contribution in [1.82, 2.24) is 9.47 Å². The van der Waals surface area contributed by atoms with Crippen LogP contribution in [0, 0.1) is 5.82 Å². The molecule has 1 aliphatic heterocycles. The molecule has 1 atom stereocenters. The van der Waals surface area contributed by atoms with E-state index >= 15 is 0 Å². The second kappa shape index (κ2) is 11.9. The van der Waals surface area contributed by atoms with E-state index in [9.17, 15) is 14.0 Å². The highest BCUT2D eigenvalue weighted by Crippen LogP contribution is 2.42. The highest BCUT2D eigenvalue weighted by Gasteiger charge is 2.37. The fourth-order valence-corrected chi connectivity index (χ4v) is 5.68. The van der Waals surface area contributed by atoms with Crippen molar-refractivity contribution >= 4 is 17.5 Å². The van der Waals surface area contributed by atoms with Crippen LogP contribution in [0.5, 0.6) is 0 Å². The van der Waals surface area contributed by atoms with Crippen LogP contribution in [0.15, 0.2) is 121 Å². The topological polar surface area (TPSA) is 45.6 Å². The number of anilines is 1. The lowest BCUT2D eigenvalue weighted by Gasteiger charge is -2.39. The lowest BCUT2D eigenvalue weighted by Crippen LogP contribution is -2.47. The van der Waals surface area contributed by atoms with Gasteiger partial charge in [0.25, 0.3) is 5.91 Å². The van der Waals surface area contributed by atoms with E-state index in [2.05, 4.69) is 11.5 Å². The van der Waals surface area contributed by atoms with Crippen LogP contribution in [0.3, 0.4) is 0 Å². The molecule has 0 fully saturated rings. The summed E-state index contributed by atoms with van der Waals surface area (Å²) in [6, 6.07) is 35.1. The first-order chi connectivity index (χ1) is 20.5. The van der Waals surface area contributed by atoms with Crippen LogP contribution in [-0.4, -0.2) is 34.4 Å². The number of aromatic nitrogens is 1. The second-order valence-electron chi connectivity index (χ2n) is 10.5. The van der Waals surface area contributed by atoms with Gasteiger partial charge in [-0.25, -0.2) is 4.39 Å². The van der Waals surface area contributed by atoms with Crippen molar-refractivity contribution in [2.45, 2.75) is 25.8 Å². The van der Waals surface area contributed by atoms with Crippen molar-refractivity contribution in [3.8, 4) is 16.8 Å². The zero-order valence-corrected chi connectivity index (χ0v) is 23.5. The molecule has 1 aliphatic rings. The molecule has 6 rings (SSSR count). The predicted molar refractivity (Wildman–Crippen MR) is 164 cm³/mol. The number of nitrogens with zero attached hydrogens (tertiary/aromatic N) is 3. The molecule has 6 heteroatoms. The lowest BCUT2D eigenvalue weighted by molar-refractivity contribution is -0.119. The Kier molecular flexibility index (Phi) is 7.69. The van der Waals surface area contributed by atoms with Gasteiger partial charge in [0.15, 0.2) is 0 Å². The molecule has 210 valence electrons. The molecular formula is C36H32FN3O2. The van der Waals surface area contributed by atoms with E-state index in [1.54, 1.807) is 21.9 Å². The number of hydrogen-bond donors (Lipinski definition) is 0. The van der Waals surface area contributed by atoms with Crippen molar-refractivity contribution in [3.05, 3.63) is 144 Å². The van der Waals surface area contributed by atoms with Crippen LogP contribution in [-0.2, 0) is 4.79 Å². The Hall–Kier alpha value is -4.97. The van der Waals surface area contributed by atoms with Crippen molar-refractivity contribution in [2.24, 2.45) is 0 Å². The fourth-order valence-electron chi connectivity index (χ4n) is 5.68. The molecule has 5 nitrogen and oxygen atoms in total. The second-order valence-corrected chi connectivity index (χ2v) is 10.5. The van der Waals surface area contributed by atoms with Gasteiger partial charge < -0.3 is 9.47 Å². The van der Waals surface area contributed by atoms with Crippen molar-refractivity contribution < 1.29 is 14.0 Å². The largest absolute Gasteiger partial charge is 0.329 e. The molecule has 0 saturated carbocycles. The number of unbranched alkanes of at least 4 members (excludes halogenated alkanes) is 1. The Morgan fingerprint density at radius 2 is 1.43 bits per heavy atom. The number of fused-ring (bicyclic) bond motifs is 3. The Morgan fingerprint density at radius 3 is 2.14 bits per heavy atom. The first-order valence-corrected chi connectivity index (χ1v) is 14.3. The summed E-state index contributed by atoms with van der Waals surface area (Å²) in [7, 11) is 0. The summed E-state index contributed by atoms with van der Waals surface area (Å²) in [5, 5.41) is 0. The van der Waals surface area contributed by atoms with Gasteiger partial charge in [-0.3, -0.25) is 14.5 Å². The van der Waals surface area contributed by atoms with Gasteiger partial charge in [0, 0.05) is 18.3 Å². The fraction of sp³-hybridized carbons (Fsp3) is 0.167. The van der Waals surface area contributed by atoms with Gasteiger partial charge >= 0.3 is 0 Å². The number of para-hydroxylation sites is 2. The summed E-state index contributed by atoms with van der Waals surface area (Å²) in [6.45, 7) is 2.46. The molecule has 0 aliphatic carbocycles. The minimum Gasteiger partial charge on any atom is -0.329 e. The number of carbonyl (C=O) groups excluding carboxylic acids is 2. The molecule has 0 N–H and O–H groups in total. The third-order valence-electron chi connectivity index (χ3n) is 7.81. The summed E-state index contributed by atoms with van der Waals surface area (Å²) >= 11 is 0. The average Bonchev–Trinajstić information content (AvgIpc) is 3.53. The maximum Gasteiger partial charge on any atom is 0.254 e. The average molecular weight is 558 g/mol. The first-order valence-electron chi connectivity index (χ1n) is 14.3. The van der Waals surface area contributed by atoms with E-state index in [0.29, 0.717) is 12.1 Å². The molecule has 2 heterocycles. The van der Waals surface area contributed by atoms with Crippen molar-refractivity contribution in [2.75, 3.05) is 18.0 Å². The maximum absolute atomic E-state index is 14.3. The number of carbonyl (C=O) groups is 2. The highest BCUT2D eigenvalue weighted by molar-refractivity contribution is 6.02. The van der Waals surface area contributed by atoms with Crippen molar-refractivity contribution in [1.29, 1.82) is 0 Å². The highest BCUT2D eigenvalue weighted by atomic mass is 19.1. The smallest absolute Gasteiger partial charge is 0.254 e. The molecule has 42 heavy (non-hydrogen) atoms. The van der Waals surface area contributed by atoms with Crippen LogP contribution in [0.4, 0.5) is 10.1 Å². The predicted octanol–water partition coefficient (Wildman–Crippen LogP) is 7.66. The molecule has 0 radical (unpaired) electrons. The molecular weight excluding hydrogens is 525 g/mol. The minimum atomic E-state index is -0.476. The van der Waals surface area contributed by atoms with Gasteiger partial charge in [-0.2, -0.15) is 0 Å². The zero-order valence-electron chi connectivity index (χ0n) is 23.5. The van der Waals surface area contributed by atoms with E-state index in [0.717, 1.165) is 46.6 Å². The van der Waals surface area contributed by atoms with Gasteiger partial charge in [0.1, 0.15) is 18.4 Å². The standard InChI is InChI=1S/C36H32FN3O2/c1-2-3-23-38(36(42)29-17-15-27(16-18-29)26-10-5-4-6-11-26)25-34(41)40-32-13-8-7-12-31(32)39-24-9-14-33(39)35(40)28-19-21-30(37)22-20-28/h4-22,24,35H,2-3,23,25H2,1H3. The van der Waals surface area contributed by atoms with E-state index in [1.807, 2.05) is 97.2 Å². The van der Waals surface area contributed by atoms with E-state index in [1.165, 1.54) is 12.1 Å². The molecule has 0 bridgehead atoms. The summed E-state index contributed by atoms with van der Waals surface area (Å²) < 4.78 is 16.0. The van der Waals surface area contributed by atoms with Gasteiger partial charge in [0.2, 0.25) is 5.91 Å². The van der Waals surface area contributed by atoms with Crippen molar-refractivity contribution in [3.63, 3.8) is 0 Å². The molecule has 1 aromatic heterocycles. The Morgan fingerprint density at radius 1 is 0.762 bits per heavy atom. The molecule has 4 aromatic carbocycles. The van der Waals surface area contributed by atoms with Gasteiger partial charge in [0.05, 0.1) is 17.1 Å². The Labute approximate surface area is 245 Å². The maximum atomic E-state index is 14.3. The van der Waals surface area contributed by atoms with Crippen LogP contribution in [0.2, 0.25) is 0 Å². The van der Waals surface area contributed by atoms with Gasteiger partial charge in [-0.1, -0.05) is 80.1 Å². The van der Waals surface area contributed by atoms with E-state index in [-0.39, 0.29) is 24.2 Å². The lowest BCUT2D eigenvalue weighted by atomic mass is 9.97. The van der Waals surface area contributed by atoms with Crippen LogP contribution in [0.1, 0.15) is 47.4 Å². The SMILES string of the molecule is CCCCN(CC(=O)N1c2ccccc2-n2cccc2C1c1ccc(F)cc1)C(=O)c1ccc(-c2ccccc2)cc1. The number of rotatable bonds is 8. The summed E-state index contributed by atoms with van der Waals surface area (Å²) in [6.07, 6.45) is 3.65. The molecule has 0 saturated heterocycles. The van der Waals surface area contributed by atoms with Gasteiger partial charge in [-0.05, 0) is 71.6 Å². The number of benzene rings is 4. The molecule has 0 spiro atoms. The normalized spacial score (nSPS) is 13.8.